The summed E-state index contributed by atoms with van der Waals surface area (Å²) in [5.41, 5.74) is 0. The smallest absolute Gasteiger partial charge is 0.185 e. The van der Waals surface area contributed by atoms with Gasteiger partial charge in [-0.1, -0.05) is 33.3 Å². The van der Waals surface area contributed by atoms with E-state index in [1.54, 1.807) is 11.3 Å². The highest BCUT2D eigenvalue weighted by atomic mass is 79.9. The van der Waals surface area contributed by atoms with Gasteiger partial charge in [0, 0.05) is 29.5 Å². The second-order valence-electron chi connectivity index (χ2n) is 2.77. The summed E-state index contributed by atoms with van der Waals surface area (Å²) in [5.74, 6) is 0. The van der Waals surface area contributed by atoms with Crippen LogP contribution < -0.4 is 4.90 Å². The summed E-state index contributed by atoms with van der Waals surface area (Å²) in [6.45, 7) is 6.34. The second-order valence-corrected chi connectivity index (χ2v) is 4.46. The van der Waals surface area contributed by atoms with Gasteiger partial charge in [0.15, 0.2) is 5.13 Å². The molecule has 0 radical (unpaired) electrons. The summed E-state index contributed by atoms with van der Waals surface area (Å²) in [6, 6.07) is 0. The minimum Gasteiger partial charge on any atom is -0.349 e. The Morgan fingerprint density at radius 3 is 2.79 bits per heavy atom. The van der Waals surface area contributed by atoms with E-state index in [4.69, 9.17) is 0 Å². The van der Waals surface area contributed by atoms with Crippen molar-refractivity contribution in [1.82, 2.24) is 4.98 Å². The molecule has 0 N–H and O–H groups in total. The van der Waals surface area contributed by atoms with Crippen LogP contribution in [0.4, 0.5) is 5.13 Å². The summed E-state index contributed by atoms with van der Waals surface area (Å²) in [4.78, 5) is 7.86. The topological polar surface area (TPSA) is 16.1 Å². The molecule has 0 aliphatic carbocycles. The van der Waals surface area contributed by atoms with Crippen LogP contribution in [0.2, 0.25) is 0 Å². The molecule has 0 unspecified atom stereocenters. The number of anilines is 1. The third-order valence-corrected chi connectivity index (χ3v) is 3.31. The molecular formula is C10H15BrN2S. The number of allylic oxidation sites excluding steroid dienone is 1. The summed E-state index contributed by atoms with van der Waals surface area (Å²) in [7, 11) is 0. The molecule has 1 rings (SSSR count). The van der Waals surface area contributed by atoms with Gasteiger partial charge < -0.3 is 4.90 Å². The van der Waals surface area contributed by atoms with Crippen molar-refractivity contribution in [2.24, 2.45) is 0 Å². The molecule has 0 spiro atoms. The van der Waals surface area contributed by atoms with E-state index in [-0.39, 0.29) is 0 Å². The average Bonchev–Trinajstić information content (AvgIpc) is 2.65. The summed E-state index contributed by atoms with van der Waals surface area (Å²) >= 11 is 5.09. The lowest BCUT2D eigenvalue weighted by molar-refractivity contribution is 0.860. The van der Waals surface area contributed by atoms with Crippen LogP contribution in [0, 0.1) is 0 Å². The first-order chi connectivity index (χ1) is 6.81. The Labute approximate surface area is 97.8 Å². The highest BCUT2D eigenvalue weighted by molar-refractivity contribution is 9.09. The molecule has 0 fully saturated rings. The first kappa shape index (κ1) is 11.7. The Bertz CT molecular complexity index is 292. The highest BCUT2D eigenvalue weighted by Gasteiger charge is 2.05. The normalized spacial score (nSPS) is 11.1. The van der Waals surface area contributed by atoms with Gasteiger partial charge in [0.2, 0.25) is 0 Å². The maximum absolute atomic E-state index is 4.39. The Morgan fingerprint density at radius 1 is 1.50 bits per heavy atom. The quantitative estimate of drug-likeness (QED) is 0.766. The number of alkyl halides is 1. The average molecular weight is 275 g/mol. The van der Waals surface area contributed by atoms with Crippen molar-refractivity contribution < 1.29 is 0 Å². The minimum atomic E-state index is 0.894. The van der Waals surface area contributed by atoms with Crippen molar-refractivity contribution >= 4 is 38.5 Å². The van der Waals surface area contributed by atoms with Gasteiger partial charge in [0.1, 0.15) is 0 Å². The van der Waals surface area contributed by atoms with Gasteiger partial charge in [0.05, 0.1) is 0 Å². The molecule has 2 nitrogen and oxygen atoms in total. The van der Waals surface area contributed by atoms with Crippen molar-refractivity contribution in [3.05, 3.63) is 17.2 Å². The molecule has 1 heterocycles. The van der Waals surface area contributed by atoms with Gasteiger partial charge >= 0.3 is 0 Å². The van der Waals surface area contributed by atoms with Crippen LogP contribution in [-0.2, 0) is 0 Å². The van der Waals surface area contributed by atoms with Crippen LogP contribution in [-0.4, -0.2) is 23.4 Å². The van der Waals surface area contributed by atoms with Crippen LogP contribution in [0.3, 0.4) is 0 Å². The fraction of sp³-hybridized carbons (Fsp3) is 0.500. The number of hydrogen-bond acceptors (Lipinski definition) is 3. The number of thiazole rings is 1. The standard InChI is InChI=1S/C10H15BrN2S/c1-3-13(4-2)10-12-8-9(14-10)6-5-7-11/h5-6,8H,3-4,7H2,1-2H3. The van der Waals surface area contributed by atoms with E-state index in [9.17, 15) is 0 Å². The number of aromatic nitrogens is 1. The van der Waals surface area contributed by atoms with Gasteiger partial charge in [-0.25, -0.2) is 4.98 Å². The summed E-state index contributed by atoms with van der Waals surface area (Å²) in [6.07, 6.45) is 6.11. The SMILES string of the molecule is CCN(CC)c1ncc(C=CCBr)s1. The lowest BCUT2D eigenvalue weighted by Crippen LogP contribution is -2.21. The molecule has 0 atom stereocenters. The second kappa shape index (κ2) is 6.19. The van der Waals surface area contributed by atoms with Crippen LogP contribution in [0.25, 0.3) is 6.08 Å². The predicted molar refractivity (Wildman–Crippen MR) is 68.5 cm³/mol. The van der Waals surface area contributed by atoms with Crippen LogP contribution in [0.1, 0.15) is 18.7 Å². The van der Waals surface area contributed by atoms with E-state index >= 15 is 0 Å². The fourth-order valence-corrected chi connectivity index (χ4v) is 2.32. The lowest BCUT2D eigenvalue weighted by atomic mass is 10.5. The zero-order valence-corrected chi connectivity index (χ0v) is 10.9. The molecule has 0 bridgehead atoms. The Kier molecular flexibility index (Phi) is 5.19. The largest absolute Gasteiger partial charge is 0.349 e. The molecule has 0 aliphatic rings. The van der Waals surface area contributed by atoms with E-state index in [1.165, 1.54) is 4.88 Å². The number of nitrogens with zero attached hydrogens (tertiary/aromatic N) is 2. The zero-order chi connectivity index (χ0) is 10.4. The van der Waals surface area contributed by atoms with Crippen LogP contribution in [0.5, 0.6) is 0 Å². The maximum Gasteiger partial charge on any atom is 0.185 e. The molecule has 78 valence electrons. The number of halogens is 1. The molecule has 1 aromatic rings. The van der Waals surface area contributed by atoms with Crippen LogP contribution in [0.15, 0.2) is 12.3 Å². The Morgan fingerprint density at radius 2 is 2.21 bits per heavy atom. The van der Waals surface area contributed by atoms with E-state index in [1.807, 2.05) is 6.20 Å². The van der Waals surface area contributed by atoms with E-state index < -0.39 is 0 Å². The van der Waals surface area contributed by atoms with E-state index in [0.717, 1.165) is 23.6 Å². The van der Waals surface area contributed by atoms with Crippen molar-refractivity contribution in [1.29, 1.82) is 0 Å². The van der Waals surface area contributed by atoms with Gasteiger partial charge in [-0.15, -0.1) is 0 Å². The van der Waals surface area contributed by atoms with Crippen molar-refractivity contribution in [3.8, 4) is 0 Å². The molecule has 0 saturated heterocycles. The minimum absolute atomic E-state index is 0.894. The third-order valence-electron chi connectivity index (χ3n) is 1.92. The molecule has 0 amide bonds. The number of rotatable bonds is 5. The van der Waals surface area contributed by atoms with E-state index in [0.29, 0.717) is 0 Å². The fourth-order valence-electron chi connectivity index (χ4n) is 1.16. The van der Waals surface area contributed by atoms with Crippen LogP contribution >= 0.6 is 27.3 Å². The summed E-state index contributed by atoms with van der Waals surface area (Å²) < 4.78 is 0. The van der Waals surface area contributed by atoms with Crippen molar-refractivity contribution in [2.45, 2.75) is 13.8 Å². The van der Waals surface area contributed by atoms with Gasteiger partial charge in [0.25, 0.3) is 0 Å². The zero-order valence-electron chi connectivity index (χ0n) is 8.53. The summed E-state index contributed by atoms with van der Waals surface area (Å²) in [5, 5.41) is 2.01. The molecular weight excluding hydrogens is 260 g/mol. The monoisotopic (exact) mass is 274 g/mol. The molecule has 4 heteroatoms. The number of hydrogen-bond donors (Lipinski definition) is 0. The van der Waals surface area contributed by atoms with Gasteiger partial charge in [-0.3, -0.25) is 0 Å². The predicted octanol–water partition coefficient (Wildman–Crippen LogP) is 3.40. The molecule has 14 heavy (non-hydrogen) atoms. The maximum atomic E-state index is 4.39. The Hall–Kier alpha value is -0.350. The highest BCUT2D eigenvalue weighted by Crippen LogP contribution is 2.23. The third kappa shape index (κ3) is 3.10. The molecule has 0 aromatic carbocycles. The van der Waals surface area contributed by atoms with E-state index in [2.05, 4.69) is 51.8 Å². The van der Waals surface area contributed by atoms with Crippen molar-refractivity contribution in [2.75, 3.05) is 23.3 Å². The van der Waals surface area contributed by atoms with Gasteiger partial charge in [-0.05, 0) is 19.9 Å². The van der Waals surface area contributed by atoms with Crippen molar-refractivity contribution in [3.63, 3.8) is 0 Å². The molecule has 0 aliphatic heterocycles. The molecule has 1 aromatic heterocycles. The van der Waals surface area contributed by atoms with Gasteiger partial charge in [-0.2, -0.15) is 0 Å². The first-order valence-electron chi connectivity index (χ1n) is 4.75. The Balaban J connectivity index is 2.71. The molecule has 0 saturated carbocycles. The lowest BCUT2D eigenvalue weighted by Gasteiger charge is -2.16. The first-order valence-corrected chi connectivity index (χ1v) is 6.68.